The lowest BCUT2D eigenvalue weighted by atomic mass is 10.1. The molecule has 1 N–H and O–H groups in total. The summed E-state index contributed by atoms with van der Waals surface area (Å²) in [6, 6.07) is 2.71. The van der Waals surface area contributed by atoms with Crippen molar-refractivity contribution in [3.05, 3.63) is 29.6 Å². The van der Waals surface area contributed by atoms with Crippen molar-refractivity contribution >= 4 is 0 Å². The predicted molar refractivity (Wildman–Crippen MR) is 44.4 cm³/mol. The van der Waals surface area contributed by atoms with Crippen molar-refractivity contribution < 1.29 is 13.9 Å². The molecule has 1 heterocycles. The van der Waals surface area contributed by atoms with E-state index >= 15 is 0 Å². The third kappa shape index (κ3) is 2.45. The van der Waals surface area contributed by atoms with Crippen molar-refractivity contribution in [3.63, 3.8) is 0 Å². The average Bonchev–Trinajstić information content (AvgIpc) is 2.17. The first-order valence-corrected chi connectivity index (χ1v) is 4.07. The molecule has 0 aromatic carbocycles. The number of hydrogen-bond donors (Lipinski definition) is 1. The van der Waals surface area contributed by atoms with Gasteiger partial charge in [-0.3, -0.25) is 4.98 Å². The zero-order valence-electron chi connectivity index (χ0n) is 7.24. The third-order valence-corrected chi connectivity index (χ3v) is 1.80. The Kier molecular flexibility index (Phi) is 3.31. The molecule has 72 valence electrons. The zero-order valence-corrected chi connectivity index (χ0v) is 7.24. The number of hydrogen-bond acceptors (Lipinski definition) is 2. The molecule has 0 bridgehead atoms. The fourth-order valence-corrected chi connectivity index (χ4v) is 0.979. The summed E-state index contributed by atoms with van der Waals surface area (Å²) in [4.78, 5) is 3.54. The Morgan fingerprint density at radius 1 is 1.46 bits per heavy atom. The highest BCUT2D eigenvalue weighted by molar-refractivity contribution is 5.16. The lowest BCUT2D eigenvalue weighted by molar-refractivity contribution is 0.145. The van der Waals surface area contributed by atoms with E-state index in [1.165, 1.54) is 18.3 Å². The Morgan fingerprint density at radius 3 is 2.54 bits per heavy atom. The van der Waals surface area contributed by atoms with Gasteiger partial charge in [-0.15, -0.1) is 0 Å². The van der Waals surface area contributed by atoms with Crippen LogP contribution in [0.2, 0.25) is 0 Å². The number of rotatable bonds is 3. The van der Waals surface area contributed by atoms with Crippen molar-refractivity contribution in [2.24, 2.45) is 0 Å². The van der Waals surface area contributed by atoms with Gasteiger partial charge in [-0.05, 0) is 18.1 Å². The van der Waals surface area contributed by atoms with E-state index in [1.54, 1.807) is 0 Å². The Bertz CT molecular complexity index is 261. The maximum Gasteiger partial charge on any atom is 0.280 e. The molecule has 1 rings (SSSR count). The molecule has 0 unspecified atom stereocenters. The second-order valence-corrected chi connectivity index (χ2v) is 2.74. The molecule has 0 aliphatic carbocycles. The normalized spacial score (nSPS) is 13.3. The summed E-state index contributed by atoms with van der Waals surface area (Å²) in [7, 11) is 0. The molecule has 0 fully saturated rings. The summed E-state index contributed by atoms with van der Waals surface area (Å²) in [5, 5.41) is 9.33. The molecule has 0 spiro atoms. The van der Waals surface area contributed by atoms with Gasteiger partial charge in [0.25, 0.3) is 6.43 Å². The first-order valence-electron chi connectivity index (χ1n) is 4.07. The van der Waals surface area contributed by atoms with E-state index in [0.29, 0.717) is 12.0 Å². The molecule has 0 radical (unpaired) electrons. The second-order valence-electron chi connectivity index (χ2n) is 2.74. The molecule has 1 aromatic heterocycles. The number of aromatic nitrogens is 1. The standard InChI is InChI=1S/C9H11F2NO/c1-2-8(13)6-3-4-7(9(10)11)12-5-6/h3-5,8-9,13H,2H2,1H3/t8-/m0/s1. The molecule has 1 atom stereocenters. The van der Waals surface area contributed by atoms with Gasteiger partial charge in [-0.2, -0.15) is 0 Å². The van der Waals surface area contributed by atoms with Gasteiger partial charge in [-0.25, -0.2) is 8.78 Å². The van der Waals surface area contributed by atoms with E-state index in [4.69, 9.17) is 0 Å². The van der Waals surface area contributed by atoms with Gasteiger partial charge in [0.05, 0.1) is 6.10 Å². The van der Waals surface area contributed by atoms with Crippen molar-refractivity contribution in [3.8, 4) is 0 Å². The van der Waals surface area contributed by atoms with Crippen LogP contribution in [0, 0.1) is 0 Å². The number of halogens is 2. The van der Waals surface area contributed by atoms with Crippen LogP contribution in [0.25, 0.3) is 0 Å². The number of alkyl halides is 2. The van der Waals surface area contributed by atoms with E-state index in [2.05, 4.69) is 4.98 Å². The highest BCUT2D eigenvalue weighted by Crippen LogP contribution is 2.19. The maximum atomic E-state index is 12.1. The molecule has 0 aliphatic rings. The van der Waals surface area contributed by atoms with Gasteiger partial charge < -0.3 is 5.11 Å². The lowest BCUT2D eigenvalue weighted by Crippen LogP contribution is -1.97. The van der Waals surface area contributed by atoms with E-state index < -0.39 is 12.5 Å². The van der Waals surface area contributed by atoms with E-state index in [0.717, 1.165) is 0 Å². The summed E-state index contributed by atoms with van der Waals surface area (Å²) in [5.74, 6) is 0. The van der Waals surface area contributed by atoms with E-state index in [-0.39, 0.29) is 5.69 Å². The van der Waals surface area contributed by atoms with E-state index in [9.17, 15) is 13.9 Å². The molecular weight excluding hydrogens is 176 g/mol. The minimum atomic E-state index is -2.55. The number of pyridine rings is 1. The fraction of sp³-hybridized carbons (Fsp3) is 0.444. The number of aliphatic hydroxyl groups is 1. The monoisotopic (exact) mass is 187 g/mol. The molecule has 0 aliphatic heterocycles. The zero-order chi connectivity index (χ0) is 9.84. The molecule has 4 heteroatoms. The van der Waals surface area contributed by atoms with Crippen LogP contribution in [-0.4, -0.2) is 10.1 Å². The minimum absolute atomic E-state index is 0.257. The third-order valence-electron chi connectivity index (χ3n) is 1.80. The Morgan fingerprint density at radius 2 is 2.15 bits per heavy atom. The molecule has 2 nitrogen and oxygen atoms in total. The van der Waals surface area contributed by atoms with Gasteiger partial charge >= 0.3 is 0 Å². The van der Waals surface area contributed by atoms with Crippen molar-refractivity contribution in [1.29, 1.82) is 0 Å². The van der Waals surface area contributed by atoms with Gasteiger partial charge in [0.2, 0.25) is 0 Å². The number of nitrogens with zero attached hydrogens (tertiary/aromatic N) is 1. The van der Waals surface area contributed by atoms with Gasteiger partial charge in [0, 0.05) is 6.20 Å². The first kappa shape index (κ1) is 10.1. The van der Waals surface area contributed by atoms with Crippen LogP contribution in [0.1, 0.15) is 37.1 Å². The van der Waals surface area contributed by atoms with Crippen molar-refractivity contribution in [2.75, 3.05) is 0 Å². The fourth-order valence-electron chi connectivity index (χ4n) is 0.979. The first-order chi connectivity index (χ1) is 6.15. The molecule has 0 amide bonds. The second kappa shape index (κ2) is 4.28. The van der Waals surface area contributed by atoms with Crippen LogP contribution in [-0.2, 0) is 0 Å². The Hall–Kier alpha value is -1.03. The Labute approximate surface area is 75.2 Å². The van der Waals surface area contributed by atoms with Gasteiger partial charge in [0.15, 0.2) is 0 Å². The highest BCUT2D eigenvalue weighted by atomic mass is 19.3. The van der Waals surface area contributed by atoms with Crippen LogP contribution >= 0.6 is 0 Å². The molecule has 0 saturated heterocycles. The van der Waals surface area contributed by atoms with Crippen LogP contribution in [0.5, 0.6) is 0 Å². The summed E-state index contributed by atoms with van der Waals surface area (Å²) >= 11 is 0. The number of aliphatic hydroxyl groups excluding tert-OH is 1. The van der Waals surface area contributed by atoms with Crippen molar-refractivity contribution in [2.45, 2.75) is 25.9 Å². The summed E-state index contributed by atoms with van der Waals surface area (Å²) < 4.78 is 24.1. The highest BCUT2D eigenvalue weighted by Gasteiger charge is 2.10. The van der Waals surface area contributed by atoms with Crippen LogP contribution in [0.15, 0.2) is 18.3 Å². The summed E-state index contributed by atoms with van der Waals surface area (Å²) in [6.45, 7) is 1.81. The largest absolute Gasteiger partial charge is 0.388 e. The molecule has 13 heavy (non-hydrogen) atoms. The Balaban J connectivity index is 2.81. The topological polar surface area (TPSA) is 33.1 Å². The minimum Gasteiger partial charge on any atom is -0.388 e. The predicted octanol–water partition coefficient (Wildman–Crippen LogP) is 2.46. The summed E-state index contributed by atoms with van der Waals surface area (Å²) in [5.41, 5.74) is 0.318. The maximum absolute atomic E-state index is 12.1. The SMILES string of the molecule is CC[C@H](O)c1ccc(C(F)F)nc1. The van der Waals surface area contributed by atoms with Gasteiger partial charge in [0.1, 0.15) is 5.69 Å². The van der Waals surface area contributed by atoms with Crippen molar-refractivity contribution in [1.82, 2.24) is 4.98 Å². The molecule has 1 aromatic rings. The smallest absolute Gasteiger partial charge is 0.280 e. The summed E-state index contributed by atoms with van der Waals surface area (Å²) in [6.07, 6.45) is -1.32. The molecule has 0 saturated carbocycles. The quantitative estimate of drug-likeness (QED) is 0.788. The van der Waals surface area contributed by atoms with E-state index in [1.807, 2.05) is 6.92 Å². The average molecular weight is 187 g/mol. The molecular formula is C9H11F2NO. The lowest BCUT2D eigenvalue weighted by Gasteiger charge is -2.07. The van der Waals surface area contributed by atoms with Crippen LogP contribution < -0.4 is 0 Å². The van der Waals surface area contributed by atoms with Crippen LogP contribution in [0.4, 0.5) is 8.78 Å². The van der Waals surface area contributed by atoms with Gasteiger partial charge in [-0.1, -0.05) is 13.0 Å². The van der Waals surface area contributed by atoms with Crippen LogP contribution in [0.3, 0.4) is 0 Å².